The van der Waals surface area contributed by atoms with Crippen molar-refractivity contribution < 1.29 is 14.2 Å². The van der Waals surface area contributed by atoms with E-state index >= 15 is 0 Å². The number of benzene rings is 2. The van der Waals surface area contributed by atoms with Crippen molar-refractivity contribution in [3.63, 3.8) is 0 Å². The minimum atomic E-state index is 0.192. The van der Waals surface area contributed by atoms with E-state index in [1.165, 1.54) is 5.56 Å². The molecule has 2 aromatic rings. The molecule has 0 saturated carbocycles. The Balaban J connectivity index is 1.79. The Bertz CT molecular complexity index is 811. The summed E-state index contributed by atoms with van der Waals surface area (Å²) in [4.78, 5) is 4.22. The van der Waals surface area contributed by atoms with E-state index < -0.39 is 0 Å². The van der Waals surface area contributed by atoms with E-state index in [1.807, 2.05) is 49.4 Å². The fourth-order valence-corrected chi connectivity index (χ4v) is 2.44. The Kier molecular flexibility index (Phi) is 8.54. The van der Waals surface area contributed by atoms with Crippen LogP contribution in [0.4, 0.5) is 0 Å². The zero-order chi connectivity index (χ0) is 20.2. The molecule has 6 heteroatoms. The number of rotatable bonds is 9. The van der Waals surface area contributed by atoms with Crippen LogP contribution in [-0.2, 0) is 6.54 Å². The normalized spacial score (nSPS) is 10.7. The minimum absolute atomic E-state index is 0.192. The monoisotopic (exact) mass is 381 g/mol. The number of aliphatic imine (C=N–C) groups is 1. The highest BCUT2D eigenvalue weighted by Crippen LogP contribution is 2.27. The van der Waals surface area contributed by atoms with Crippen LogP contribution in [0, 0.1) is 19.3 Å². The van der Waals surface area contributed by atoms with Crippen molar-refractivity contribution in [3.8, 4) is 29.6 Å². The number of terminal acetylenes is 1. The fraction of sp³-hybridized carbons (Fsp3) is 0.318. The number of methoxy groups -OCH3 is 1. The van der Waals surface area contributed by atoms with Gasteiger partial charge in [0, 0.05) is 13.6 Å². The first kappa shape index (κ1) is 21.0. The van der Waals surface area contributed by atoms with E-state index in [4.69, 9.17) is 20.6 Å². The van der Waals surface area contributed by atoms with Crippen LogP contribution in [0.25, 0.3) is 0 Å². The van der Waals surface area contributed by atoms with E-state index in [2.05, 4.69) is 21.5 Å². The highest BCUT2D eigenvalue weighted by Gasteiger charge is 2.06. The molecule has 0 bridgehead atoms. The second kappa shape index (κ2) is 11.4. The molecule has 0 atom stereocenters. The molecule has 28 heavy (non-hydrogen) atoms. The molecule has 2 N–H and O–H groups in total. The van der Waals surface area contributed by atoms with Crippen molar-refractivity contribution in [2.75, 3.05) is 33.9 Å². The first-order chi connectivity index (χ1) is 13.7. The Morgan fingerprint density at radius 1 is 1.07 bits per heavy atom. The van der Waals surface area contributed by atoms with Gasteiger partial charge in [0.2, 0.25) is 0 Å². The molecule has 0 aromatic heterocycles. The van der Waals surface area contributed by atoms with E-state index in [1.54, 1.807) is 14.2 Å². The van der Waals surface area contributed by atoms with Gasteiger partial charge < -0.3 is 24.8 Å². The number of nitrogens with zero attached hydrogens (tertiary/aromatic N) is 1. The van der Waals surface area contributed by atoms with Gasteiger partial charge >= 0.3 is 0 Å². The van der Waals surface area contributed by atoms with Crippen LogP contribution in [0.1, 0.15) is 11.1 Å². The number of hydrogen-bond acceptors (Lipinski definition) is 4. The largest absolute Gasteiger partial charge is 0.493 e. The molecule has 0 heterocycles. The van der Waals surface area contributed by atoms with Gasteiger partial charge in [0.1, 0.15) is 19.0 Å². The highest BCUT2D eigenvalue weighted by atomic mass is 16.5. The van der Waals surface area contributed by atoms with Crippen molar-refractivity contribution in [2.45, 2.75) is 13.5 Å². The summed E-state index contributed by atoms with van der Waals surface area (Å²) < 4.78 is 16.5. The average molecular weight is 381 g/mol. The molecule has 2 aromatic carbocycles. The summed E-state index contributed by atoms with van der Waals surface area (Å²) in [6.07, 6.45) is 5.26. The number of aryl methyl sites for hydroxylation is 1. The molecule has 0 unspecified atom stereocenters. The third-order valence-electron chi connectivity index (χ3n) is 3.91. The lowest BCUT2D eigenvalue weighted by molar-refractivity contribution is 0.322. The van der Waals surface area contributed by atoms with E-state index in [0.29, 0.717) is 37.2 Å². The first-order valence-electron chi connectivity index (χ1n) is 9.03. The van der Waals surface area contributed by atoms with Gasteiger partial charge in [-0.1, -0.05) is 29.7 Å². The summed E-state index contributed by atoms with van der Waals surface area (Å²) in [5.41, 5.74) is 2.23. The average Bonchev–Trinajstić information content (AvgIpc) is 2.73. The predicted molar refractivity (Wildman–Crippen MR) is 112 cm³/mol. The summed E-state index contributed by atoms with van der Waals surface area (Å²) in [6, 6.07) is 13.7. The maximum Gasteiger partial charge on any atom is 0.191 e. The molecule has 2 rings (SSSR count). The van der Waals surface area contributed by atoms with Crippen LogP contribution in [0.15, 0.2) is 47.5 Å². The number of hydrogen-bond donors (Lipinski definition) is 2. The van der Waals surface area contributed by atoms with Gasteiger partial charge in [0.25, 0.3) is 0 Å². The van der Waals surface area contributed by atoms with Gasteiger partial charge in [-0.05, 0) is 36.8 Å². The minimum Gasteiger partial charge on any atom is -0.493 e. The summed E-state index contributed by atoms with van der Waals surface area (Å²) in [5.74, 6) is 5.27. The van der Waals surface area contributed by atoms with Gasteiger partial charge in [0.15, 0.2) is 17.5 Å². The van der Waals surface area contributed by atoms with Crippen LogP contribution >= 0.6 is 0 Å². The number of ether oxygens (including phenoxy) is 3. The fourth-order valence-electron chi connectivity index (χ4n) is 2.44. The molecule has 0 radical (unpaired) electrons. The number of guanidine groups is 1. The highest BCUT2D eigenvalue weighted by molar-refractivity contribution is 5.79. The molecule has 6 nitrogen and oxygen atoms in total. The zero-order valence-electron chi connectivity index (χ0n) is 16.6. The van der Waals surface area contributed by atoms with Crippen molar-refractivity contribution in [2.24, 2.45) is 4.99 Å². The van der Waals surface area contributed by atoms with Gasteiger partial charge in [-0.25, -0.2) is 0 Å². The third-order valence-corrected chi connectivity index (χ3v) is 3.91. The van der Waals surface area contributed by atoms with Crippen LogP contribution in [0.3, 0.4) is 0 Å². The molecule has 0 amide bonds. The van der Waals surface area contributed by atoms with E-state index in [-0.39, 0.29) is 6.61 Å². The second-order valence-electron chi connectivity index (χ2n) is 5.99. The van der Waals surface area contributed by atoms with Gasteiger partial charge in [0.05, 0.1) is 13.7 Å². The Labute approximate surface area is 166 Å². The molecular weight excluding hydrogens is 354 g/mol. The number of nitrogens with one attached hydrogen (secondary N) is 2. The summed E-state index contributed by atoms with van der Waals surface area (Å²) in [5, 5.41) is 6.48. The lowest BCUT2D eigenvalue weighted by Gasteiger charge is -2.14. The van der Waals surface area contributed by atoms with Crippen molar-refractivity contribution in [3.05, 3.63) is 53.6 Å². The molecular formula is C22H27N3O3. The standard InChI is InChI=1S/C22H27N3O3/c1-5-13-28-21-15-18(8-11-20(21)26-4)16-25-22(23-3)24-12-14-27-19-9-6-17(2)7-10-19/h1,6-11,15H,12-14,16H2,2-4H3,(H2,23,24,25). The lowest BCUT2D eigenvalue weighted by Crippen LogP contribution is -2.38. The van der Waals surface area contributed by atoms with Gasteiger partial charge in [-0.3, -0.25) is 4.99 Å². The maximum atomic E-state index is 5.71. The second-order valence-corrected chi connectivity index (χ2v) is 5.99. The Morgan fingerprint density at radius 2 is 1.86 bits per heavy atom. The van der Waals surface area contributed by atoms with Crippen molar-refractivity contribution in [1.82, 2.24) is 10.6 Å². The lowest BCUT2D eigenvalue weighted by atomic mass is 10.2. The van der Waals surface area contributed by atoms with E-state index in [0.717, 1.165) is 11.3 Å². The van der Waals surface area contributed by atoms with Crippen LogP contribution in [-0.4, -0.2) is 39.9 Å². The summed E-state index contributed by atoms with van der Waals surface area (Å²) >= 11 is 0. The van der Waals surface area contributed by atoms with E-state index in [9.17, 15) is 0 Å². The quantitative estimate of drug-likeness (QED) is 0.303. The predicted octanol–water partition coefficient (Wildman–Crippen LogP) is 2.76. The molecule has 0 fully saturated rings. The molecule has 0 spiro atoms. The maximum absolute atomic E-state index is 5.71. The van der Waals surface area contributed by atoms with Crippen LogP contribution in [0.2, 0.25) is 0 Å². The molecule has 0 aliphatic carbocycles. The van der Waals surface area contributed by atoms with Crippen molar-refractivity contribution in [1.29, 1.82) is 0 Å². The van der Waals surface area contributed by atoms with Gasteiger partial charge in [-0.2, -0.15) is 0 Å². The molecule has 0 saturated heterocycles. The Morgan fingerprint density at radius 3 is 2.54 bits per heavy atom. The molecule has 0 aliphatic rings. The van der Waals surface area contributed by atoms with Crippen LogP contribution < -0.4 is 24.8 Å². The third kappa shape index (κ3) is 6.76. The topological polar surface area (TPSA) is 64.1 Å². The molecule has 0 aliphatic heterocycles. The summed E-state index contributed by atoms with van der Waals surface area (Å²) in [6.45, 7) is 3.99. The van der Waals surface area contributed by atoms with Gasteiger partial charge in [-0.15, -0.1) is 6.42 Å². The van der Waals surface area contributed by atoms with Crippen LogP contribution in [0.5, 0.6) is 17.2 Å². The zero-order valence-corrected chi connectivity index (χ0v) is 16.6. The smallest absolute Gasteiger partial charge is 0.191 e. The molecule has 148 valence electrons. The summed E-state index contributed by atoms with van der Waals surface area (Å²) in [7, 11) is 3.33. The SMILES string of the molecule is C#CCOc1cc(CNC(=NC)NCCOc2ccc(C)cc2)ccc1OC. The first-order valence-corrected chi connectivity index (χ1v) is 9.03. The van der Waals surface area contributed by atoms with Crippen molar-refractivity contribution >= 4 is 5.96 Å². The Hall–Kier alpha value is -3.33.